The van der Waals surface area contributed by atoms with Crippen molar-refractivity contribution in [3.63, 3.8) is 0 Å². The SMILES string of the molecule is C=C(Cl)/C=C/[C@H](CC(=C)[CH2][Sn]([CH2]C)([CH2]C)[CH2]C)O[Si](C)(C)C. The zero-order valence-corrected chi connectivity index (χ0v) is 20.1. The molecule has 0 saturated heterocycles. The van der Waals surface area contributed by atoms with Gasteiger partial charge in [-0.25, -0.2) is 0 Å². The van der Waals surface area contributed by atoms with Gasteiger partial charge in [0.15, 0.2) is 0 Å². The van der Waals surface area contributed by atoms with Gasteiger partial charge >= 0.3 is 149 Å². The van der Waals surface area contributed by atoms with Crippen LogP contribution in [0.5, 0.6) is 0 Å². The van der Waals surface area contributed by atoms with Gasteiger partial charge in [0.05, 0.1) is 0 Å². The number of halogens is 1. The van der Waals surface area contributed by atoms with E-state index in [0.717, 1.165) is 6.42 Å². The van der Waals surface area contributed by atoms with Gasteiger partial charge in [0, 0.05) is 0 Å². The van der Waals surface area contributed by atoms with Gasteiger partial charge in [-0.1, -0.05) is 0 Å². The van der Waals surface area contributed by atoms with Crippen LogP contribution in [-0.4, -0.2) is 32.8 Å². The molecule has 0 aliphatic heterocycles. The van der Waals surface area contributed by atoms with E-state index in [1.807, 2.05) is 6.08 Å². The molecule has 128 valence electrons. The van der Waals surface area contributed by atoms with Crippen LogP contribution in [-0.2, 0) is 4.43 Å². The van der Waals surface area contributed by atoms with Crippen LogP contribution in [0, 0.1) is 0 Å². The van der Waals surface area contributed by atoms with Gasteiger partial charge in [-0.15, -0.1) is 0 Å². The van der Waals surface area contributed by atoms with Crippen molar-refractivity contribution < 1.29 is 4.43 Å². The Bertz CT molecular complexity index is 386. The summed E-state index contributed by atoms with van der Waals surface area (Å²) in [4.78, 5) is 0. The maximum absolute atomic E-state index is 6.29. The first-order chi connectivity index (χ1) is 10.1. The van der Waals surface area contributed by atoms with E-state index in [0.29, 0.717) is 5.03 Å². The molecule has 1 nitrogen and oxygen atoms in total. The Morgan fingerprint density at radius 2 is 1.64 bits per heavy atom. The summed E-state index contributed by atoms with van der Waals surface area (Å²) in [5.41, 5.74) is 1.37. The molecule has 22 heavy (non-hydrogen) atoms. The summed E-state index contributed by atoms with van der Waals surface area (Å²) in [6.45, 7) is 21.9. The molecule has 1 atom stereocenters. The minimum absolute atomic E-state index is 0.0872. The van der Waals surface area contributed by atoms with Gasteiger partial charge in [-0.3, -0.25) is 0 Å². The predicted octanol–water partition coefficient (Wildman–Crippen LogP) is 6.97. The average molecular weight is 450 g/mol. The van der Waals surface area contributed by atoms with E-state index in [9.17, 15) is 0 Å². The summed E-state index contributed by atoms with van der Waals surface area (Å²) in [5, 5.41) is 0.555. The number of rotatable bonds is 11. The Morgan fingerprint density at radius 1 is 1.14 bits per heavy atom. The average Bonchev–Trinajstić information content (AvgIpc) is 2.40. The molecule has 4 heteroatoms. The molecule has 0 fully saturated rings. The molecule has 0 amide bonds. The summed E-state index contributed by atoms with van der Waals surface area (Å²) >= 11 is 3.91. The fourth-order valence-corrected chi connectivity index (χ4v) is 13.8. The van der Waals surface area contributed by atoms with E-state index in [2.05, 4.69) is 59.6 Å². The summed E-state index contributed by atoms with van der Waals surface area (Å²) in [7, 11) is -1.59. The molecule has 0 N–H and O–H groups in total. The molecule has 0 aliphatic rings. The van der Waals surface area contributed by atoms with E-state index in [-0.39, 0.29) is 6.10 Å². The normalized spacial score (nSPS) is 14.3. The molecule has 0 rings (SSSR count). The Hall–Kier alpha value is 0.486. The van der Waals surface area contributed by atoms with Crippen LogP contribution in [0.1, 0.15) is 27.2 Å². The molecular weight excluding hydrogens is 414 g/mol. The monoisotopic (exact) mass is 450 g/mol. The summed E-state index contributed by atoms with van der Waals surface area (Å²) in [5.74, 6) is 0. The quantitative estimate of drug-likeness (QED) is 0.188. The Morgan fingerprint density at radius 3 is 2.00 bits per heavy atom. The fourth-order valence-electron chi connectivity index (χ4n) is 2.83. The van der Waals surface area contributed by atoms with Crippen molar-refractivity contribution in [2.24, 2.45) is 0 Å². The molecule has 0 aromatic carbocycles. The van der Waals surface area contributed by atoms with Crippen molar-refractivity contribution in [1.29, 1.82) is 0 Å². The Kier molecular flexibility index (Phi) is 10.6. The zero-order valence-electron chi connectivity index (χ0n) is 15.5. The van der Waals surface area contributed by atoms with E-state index >= 15 is 0 Å². The van der Waals surface area contributed by atoms with Crippen molar-refractivity contribution in [3.05, 3.63) is 35.9 Å². The topological polar surface area (TPSA) is 9.23 Å². The van der Waals surface area contributed by atoms with Crippen LogP contribution >= 0.6 is 11.6 Å². The van der Waals surface area contributed by atoms with E-state index < -0.39 is 26.7 Å². The van der Waals surface area contributed by atoms with Crippen molar-refractivity contribution >= 4 is 38.3 Å². The second-order valence-electron chi connectivity index (χ2n) is 7.27. The first kappa shape index (κ1) is 22.5. The molecular formula is C18H35ClOSiSn. The van der Waals surface area contributed by atoms with Crippen LogP contribution in [0.3, 0.4) is 0 Å². The summed E-state index contributed by atoms with van der Waals surface area (Å²) < 4.78 is 11.8. The van der Waals surface area contributed by atoms with Crippen molar-refractivity contribution in [3.8, 4) is 0 Å². The van der Waals surface area contributed by atoms with Crippen molar-refractivity contribution in [2.75, 3.05) is 0 Å². The van der Waals surface area contributed by atoms with E-state index in [1.165, 1.54) is 23.3 Å². The Labute approximate surface area is 148 Å². The predicted molar refractivity (Wildman–Crippen MR) is 108 cm³/mol. The van der Waals surface area contributed by atoms with Gasteiger partial charge in [0.2, 0.25) is 0 Å². The molecule has 0 spiro atoms. The number of hydrogen-bond acceptors (Lipinski definition) is 1. The standard InChI is InChI=1S/C12H20ClOSi.3C2H5.Sn/c1-10(2)9-12(8-7-11(3)13)14-15(4,5)6;3*1-2;/h7-8,12H,1-3,9H2,4-6H3;3*1H2,2H3;/b8-7+;;;;/t12-;;;;/m1..../s1. The summed E-state index contributed by atoms with van der Waals surface area (Å²) in [6.07, 6.45) is 4.92. The minimum atomic E-state index is -1.96. The van der Waals surface area contributed by atoms with Crippen LogP contribution in [0.15, 0.2) is 35.9 Å². The van der Waals surface area contributed by atoms with E-state index in [4.69, 9.17) is 16.0 Å². The van der Waals surface area contributed by atoms with Crippen LogP contribution < -0.4 is 0 Å². The molecule has 0 unspecified atom stereocenters. The third-order valence-electron chi connectivity index (χ3n) is 4.36. The van der Waals surface area contributed by atoms with Gasteiger partial charge in [0.1, 0.15) is 0 Å². The molecule has 0 aromatic heterocycles. The fraction of sp³-hybridized carbons (Fsp3) is 0.667. The molecule has 0 heterocycles. The molecule has 0 bridgehead atoms. The first-order valence-corrected chi connectivity index (χ1v) is 20.3. The molecule has 0 radical (unpaired) electrons. The number of hydrogen-bond donors (Lipinski definition) is 0. The van der Waals surface area contributed by atoms with Gasteiger partial charge in [-0.2, -0.15) is 0 Å². The van der Waals surface area contributed by atoms with Gasteiger partial charge < -0.3 is 0 Å². The van der Waals surface area contributed by atoms with E-state index in [1.54, 1.807) is 0 Å². The Balaban J connectivity index is 4.91. The second kappa shape index (κ2) is 10.4. The van der Waals surface area contributed by atoms with Crippen molar-refractivity contribution in [1.82, 2.24) is 0 Å². The second-order valence-corrected chi connectivity index (χ2v) is 27.8. The van der Waals surface area contributed by atoms with Crippen LogP contribution in [0.4, 0.5) is 0 Å². The molecule has 0 aliphatic carbocycles. The molecule has 0 saturated carbocycles. The van der Waals surface area contributed by atoms with Crippen LogP contribution in [0.25, 0.3) is 0 Å². The third-order valence-corrected chi connectivity index (χ3v) is 21.9. The van der Waals surface area contributed by atoms with Crippen molar-refractivity contribution in [2.45, 2.75) is 70.7 Å². The molecule has 0 aromatic rings. The number of allylic oxidation sites excluding steroid dienone is 2. The van der Waals surface area contributed by atoms with Gasteiger partial charge in [0.25, 0.3) is 0 Å². The maximum atomic E-state index is 6.29. The first-order valence-electron chi connectivity index (χ1n) is 8.44. The van der Waals surface area contributed by atoms with Crippen LogP contribution in [0.2, 0.25) is 37.4 Å². The zero-order chi connectivity index (χ0) is 17.4. The summed E-state index contributed by atoms with van der Waals surface area (Å²) in [6, 6.07) is 0. The van der Waals surface area contributed by atoms with Gasteiger partial charge in [-0.05, 0) is 0 Å². The third kappa shape index (κ3) is 9.59.